The molecule has 1 saturated heterocycles. The highest BCUT2D eigenvalue weighted by Crippen LogP contribution is 2.36. The molecule has 1 aromatic rings. The SMILES string of the molecule is CC(=O)n1cnc(B2OC(C)(C)C(C)(C)O2)c1. The van der Waals surface area contributed by atoms with Crippen LogP contribution in [-0.4, -0.2) is 33.8 Å². The van der Waals surface area contributed by atoms with Gasteiger partial charge in [-0.2, -0.15) is 0 Å². The lowest BCUT2D eigenvalue weighted by Gasteiger charge is -2.32. The molecule has 6 heteroatoms. The number of nitrogens with zero attached hydrogens (tertiary/aromatic N) is 2. The van der Waals surface area contributed by atoms with E-state index in [1.807, 2.05) is 27.7 Å². The van der Waals surface area contributed by atoms with Crippen LogP contribution >= 0.6 is 0 Å². The molecule has 5 nitrogen and oxygen atoms in total. The highest BCUT2D eigenvalue weighted by Gasteiger charge is 2.52. The fourth-order valence-corrected chi connectivity index (χ4v) is 1.60. The summed E-state index contributed by atoms with van der Waals surface area (Å²) < 4.78 is 13.1. The second-order valence-corrected chi connectivity index (χ2v) is 5.31. The fraction of sp³-hybridized carbons (Fsp3) is 0.636. The Kier molecular flexibility index (Phi) is 2.67. The van der Waals surface area contributed by atoms with Crippen molar-refractivity contribution in [2.75, 3.05) is 0 Å². The van der Waals surface area contributed by atoms with Crippen LogP contribution in [0.1, 0.15) is 39.4 Å². The summed E-state index contributed by atoms with van der Waals surface area (Å²) >= 11 is 0. The molecule has 0 aromatic carbocycles. The summed E-state index contributed by atoms with van der Waals surface area (Å²) in [5.74, 6) is -0.0831. The van der Waals surface area contributed by atoms with Crippen LogP contribution in [0.5, 0.6) is 0 Å². The number of rotatable bonds is 1. The third-order valence-corrected chi connectivity index (χ3v) is 3.46. The van der Waals surface area contributed by atoms with E-state index in [-0.39, 0.29) is 5.91 Å². The molecule has 0 amide bonds. The molecule has 1 aliphatic rings. The van der Waals surface area contributed by atoms with E-state index in [9.17, 15) is 4.79 Å². The van der Waals surface area contributed by atoms with E-state index in [1.165, 1.54) is 17.8 Å². The zero-order valence-corrected chi connectivity index (χ0v) is 10.9. The van der Waals surface area contributed by atoms with Gasteiger partial charge in [-0.05, 0) is 27.7 Å². The van der Waals surface area contributed by atoms with Crippen molar-refractivity contribution >= 4 is 18.6 Å². The van der Waals surface area contributed by atoms with Gasteiger partial charge in [-0.15, -0.1) is 0 Å². The molecule has 1 fully saturated rings. The van der Waals surface area contributed by atoms with Gasteiger partial charge in [-0.3, -0.25) is 9.36 Å². The summed E-state index contributed by atoms with van der Waals surface area (Å²) in [7, 11) is -0.513. The van der Waals surface area contributed by atoms with Crippen molar-refractivity contribution in [3.8, 4) is 0 Å². The first-order valence-corrected chi connectivity index (χ1v) is 5.63. The van der Waals surface area contributed by atoms with E-state index in [2.05, 4.69) is 4.98 Å². The second-order valence-electron chi connectivity index (χ2n) is 5.31. The number of aromatic nitrogens is 2. The molecule has 0 aliphatic carbocycles. The molecular weight excluding hydrogens is 219 g/mol. The Morgan fingerprint density at radius 1 is 1.29 bits per heavy atom. The predicted molar refractivity (Wildman–Crippen MR) is 64.2 cm³/mol. The zero-order valence-electron chi connectivity index (χ0n) is 10.9. The summed E-state index contributed by atoms with van der Waals surface area (Å²) in [6.07, 6.45) is 3.12. The van der Waals surface area contributed by atoms with E-state index in [0.717, 1.165) is 0 Å². The predicted octanol–water partition coefficient (Wildman–Crippen LogP) is 0.842. The molecular formula is C11H17BN2O3. The Morgan fingerprint density at radius 2 is 1.82 bits per heavy atom. The Hall–Kier alpha value is -1.14. The van der Waals surface area contributed by atoms with Gasteiger partial charge in [0.2, 0.25) is 5.91 Å². The van der Waals surface area contributed by atoms with Crippen LogP contribution in [0, 0.1) is 0 Å². The minimum Gasteiger partial charge on any atom is -0.398 e. The summed E-state index contributed by atoms with van der Waals surface area (Å²) in [6, 6.07) is 0. The standard InChI is InChI=1S/C11H17BN2O3/c1-8(15)14-6-9(13-7-14)12-16-10(2,3)11(4,5)17-12/h6-7H,1-5H3. The molecule has 0 radical (unpaired) electrons. The Morgan fingerprint density at radius 3 is 2.24 bits per heavy atom. The van der Waals surface area contributed by atoms with Gasteiger partial charge in [-0.1, -0.05) is 0 Å². The minimum absolute atomic E-state index is 0.0831. The lowest BCUT2D eigenvalue weighted by atomic mass is 9.86. The maximum Gasteiger partial charge on any atom is 0.516 e. The minimum atomic E-state index is -0.513. The molecule has 1 aliphatic heterocycles. The van der Waals surface area contributed by atoms with Crippen LogP contribution in [0.2, 0.25) is 0 Å². The summed E-state index contributed by atoms with van der Waals surface area (Å²) in [5, 5.41) is 0. The van der Waals surface area contributed by atoms with Crippen molar-refractivity contribution in [2.45, 2.75) is 45.8 Å². The van der Waals surface area contributed by atoms with Crippen LogP contribution in [0.15, 0.2) is 12.5 Å². The largest absolute Gasteiger partial charge is 0.516 e. The van der Waals surface area contributed by atoms with E-state index in [0.29, 0.717) is 5.59 Å². The van der Waals surface area contributed by atoms with Crippen molar-refractivity contribution in [3.05, 3.63) is 12.5 Å². The monoisotopic (exact) mass is 236 g/mol. The van der Waals surface area contributed by atoms with Gasteiger partial charge in [0.1, 0.15) is 6.33 Å². The van der Waals surface area contributed by atoms with Gasteiger partial charge >= 0.3 is 7.12 Å². The van der Waals surface area contributed by atoms with Crippen LogP contribution in [0.25, 0.3) is 0 Å². The summed E-state index contributed by atoms with van der Waals surface area (Å²) in [5.41, 5.74) is -0.158. The Bertz CT molecular complexity index is 437. The van der Waals surface area contributed by atoms with E-state index < -0.39 is 18.3 Å². The first-order valence-electron chi connectivity index (χ1n) is 5.63. The fourth-order valence-electron chi connectivity index (χ4n) is 1.60. The van der Waals surface area contributed by atoms with Crippen LogP contribution in [-0.2, 0) is 9.31 Å². The maximum absolute atomic E-state index is 11.2. The molecule has 0 spiro atoms. The van der Waals surface area contributed by atoms with Crippen molar-refractivity contribution in [1.29, 1.82) is 0 Å². The number of carbonyl (C=O) groups excluding carboxylic acids is 1. The van der Waals surface area contributed by atoms with Crippen LogP contribution in [0.4, 0.5) is 0 Å². The zero-order chi connectivity index (χ0) is 12.8. The lowest BCUT2D eigenvalue weighted by molar-refractivity contribution is 0.00578. The third kappa shape index (κ3) is 2.02. The number of imidazole rings is 1. The Balaban J connectivity index is 2.23. The lowest BCUT2D eigenvalue weighted by Crippen LogP contribution is -2.41. The molecule has 17 heavy (non-hydrogen) atoms. The average molecular weight is 236 g/mol. The maximum atomic E-state index is 11.2. The first kappa shape index (κ1) is 12.3. The van der Waals surface area contributed by atoms with E-state index in [1.54, 1.807) is 6.20 Å². The first-order chi connectivity index (χ1) is 7.73. The molecule has 2 heterocycles. The van der Waals surface area contributed by atoms with Crippen molar-refractivity contribution in [2.24, 2.45) is 0 Å². The van der Waals surface area contributed by atoms with Gasteiger partial charge < -0.3 is 9.31 Å². The smallest absolute Gasteiger partial charge is 0.398 e. The molecule has 0 unspecified atom stereocenters. The van der Waals surface area contributed by atoms with Crippen molar-refractivity contribution in [1.82, 2.24) is 9.55 Å². The van der Waals surface area contributed by atoms with Crippen LogP contribution in [0.3, 0.4) is 0 Å². The van der Waals surface area contributed by atoms with Crippen molar-refractivity contribution < 1.29 is 14.1 Å². The molecule has 0 atom stereocenters. The number of hydrogen-bond donors (Lipinski definition) is 0. The Labute approximate surface area is 101 Å². The highest BCUT2D eigenvalue weighted by molar-refractivity contribution is 6.61. The van der Waals surface area contributed by atoms with Gasteiger partial charge in [-0.25, -0.2) is 4.98 Å². The van der Waals surface area contributed by atoms with E-state index >= 15 is 0 Å². The summed E-state index contributed by atoms with van der Waals surface area (Å²) in [6.45, 7) is 9.41. The molecule has 0 saturated carbocycles. The van der Waals surface area contributed by atoms with Crippen LogP contribution < -0.4 is 5.59 Å². The number of hydrogen-bond acceptors (Lipinski definition) is 4. The average Bonchev–Trinajstić information content (AvgIpc) is 2.70. The van der Waals surface area contributed by atoms with Crippen molar-refractivity contribution in [3.63, 3.8) is 0 Å². The topological polar surface area (TPSA) is 53.4 Å². The summed E-state index contributed by atoms with van der Waals surface area (Å²) in [4.78, 5) is 15.3. The quantitative estimate of drug-likeness (QED) is 0.678. The molecule has 92 valence electrons. The third-order valence-electron chi connectivity index (χ3n) is 3.46. The molecule has 1 aromatic heterocycles. The van der Waals surface area contributed by atoms with Gasteiger partial charge in [0, 0.05) is 13.1 Å². The second kappa shape index (κ2) is 3.68. The van der Waals surface area contributed by atoms with Gasteiger partial charge in [0.25, 0.3) is 0 Å². The normalized spacial score (nSPS) is 21.8. The molecule has 0 bridgehead atoms. The molecule has 2 rings (SSSR count). The van der Waals surface area contributed by atoms with Gasteiger partial charge in [0.15, 0.2) is 0 Å². The highest BCUT2D eigenvalue weighted by atomic mass is 16.7. The van der Waals surface area contributed by atoms with E-state index in [4.69, 9.17) is 9.31 Å². The molecule has 0 N–H and O–H groups in total. The van der Waals surface area contributed by atoms with Gasteiger partial charge in [0.05, 0.1) is 16.8 Å². The number of carbonyl (C=O) groups is 1.